The third-order valence-electron chi connectivity index (χ3n) is 5.04. The molecule has 0 spiro atoms. The molecule has 2 fully saturated rings. The van der Waals surface area contributed by atoms with Crippen LogP contribution in [0.25, 0.3) is 0 Å². The van der Waals surface area contributed by atoms with Crippen LogP contribution in [0.15, 0.2) is 9.42 Å². The van der Waals surface area contributed by atoms with E-state index in [4.69, 9.17) is 27.7 Å². The maximum absolute atomic E-state index is 12.9. The van der Waals surface area contributed by atoms with Crippen LogP contribution in [-0.2, 0) is 14.8 Å². The first-order valence-corrected chi connectivity index (χ1v) is 10.3. The first kappa shape index (κ1) is 18.9. The third-order valence-corrected chi connectivity index (χ3v) is 8.28. The van der Waals surface area contributed by atoms with Gasteiger partial charge in [0.25, 0.3) is 0 Å². The number of carbonyl (C=O) groups is 1. The molecule has 0 bridgehead atoms. The van der Waals surface area contributed by atoms with E-state index in [1.165, 1.54) is 4.31 Å². The molecule has 10 heteroatoms. The molecule has 1 aliphatic heterocycles. The quantitative estimate of drug-likeness (QED) is 0.713. The maximum Gasteiger partial charge on any atom is 0.248 e. The van der Waals surface area contributed by atoms with Crippen molar-refractivity contribution in [3.63, 3.8) is 0 Å². The fraction of sp³-hybridized carbons (Fsp3) is 0.733. The number of halogens is 2. The number of amides is 1. The number of alkyl halides is 2. The molecule has 1 amide bonds. The monoisotopic (exact) mass is 409 g/mol. The van der Waals surface area contributed by atoms with Crippen LogP contribution in [-0.4, -0.2) is 59.2 Å². The van der Waals surface area contributed by atoms with Crippen molar-refractivity contribution in [1.82, 2.24) is 14.4 Å². The Hall–Kier alpha value is -0.830. The summed E-state index contributed by atoms with van der Waals surface area (Å²) in [5, 5.41) is 3.73. The van der Waals surface area contributed by atoms with Crippen LogP contribution < -0.4 is 0 Å². The van der Waals surface area contributed by atoms with Crippen molar-refractivity contribution in [1.29, 1.82) is 0 Å². The van der Waals surface area contributed by atoms with Crippen LogP contribution in [0.2, 0.25) is 0 Å². The minimum absolute atomic E-state index is 0.113. The molecule has 0 aromatic carbocycles. The number of aromatic nitrogens is 1. The van der Waals surface area contributed by atoms with Gasteiger partial charge in [-0.2, -0.15) is 4.31 Å². The van der Waals surface area contributed by atoms with Gasteiger partial charge >= 0.3 is 0 Å². The summed E-state index contributed by atoms with van der Waals surface area (Å²) >= 11 is 12.2. The average Bonchev–Trinajstić information content (AvgIpc) is 3.00. The number of nitrogens with zero attached hydrogens (tertiary/aromatic N) is 3. The Morgan fingerprint density at radius 2 is 1.84 bits per heavy atom. The first-order chi connectivity index (χ1) is 11.5. The van der Waals surface area contributed by atoms with Gasteiger partial charge in [-0.05, 0) is 33.6 Å². The predicted octanol–water partition coefficient (Wildman–Crippen LogP) is 2.10. The van der Waals surface area contributed by atoms with E-state index in [-0.39, 0.29) is 23.1 Å². The maximum atomic E-state index is 12.9. The number of hydrogen-bond donors (Lipinski definition) is 0. The summed E-state index contributed by atoms with van der Waals surface area (Å²) in [6, 6.07) is 0. The van der Waals surface area contributed by atoms with Gasteiger partial charge in [-0.1, -0.05) is 5.16 Å². The molecule has 1 atom stereocenters. The number of rotatable bonds is 3. The molecule has 25 heavy (non-hydrogen) atoms. The largest absolute Gasteiger partial charge is 0.360 e. The van der Waals surface area contributed by atoms with Gasteiger partial charge in [0.15, 0.2) is 5.76 Å². The van der Waals surface area contributed by atoms with Gasteiger partial charge in [0.05, 0.1) is 5.41 Å². The summed E-state index contributed by atoms with van der Waals surface area (Å²) in [5.41, 5.74) is -0.444. The van der Waals surface area contributed by atoms with Crippen molar-refractivity contribution < 1.29 is 17.7 Å². The summed E-state index contributed by atoms with van der Waals surface area (Å²) in [6.45, 7) is 6.26. The summed E-state index contributed by atoms with van der Waals surface area (Å²) in [7, 11) is -3.71. The molecule has 3 rings (SSSR count). The molecule has 0 N–H and O–H groups in total. The Kier molecular flexibility index (Phi) is 4.63. The first-order valence-electron chi connectivity index (χ1n) is 8.11. The molecule has 1 aliphatic carbocycles. The third kappa shape index (κ3) is 3.07. The van der Waals surface area contributed by atoms with Crippen molar-refractivity contribution in [3.05, 3.63) is 11.5 Å². The molecule has 1 unspecified atom stereocenters. The highest BCUT2D eigenvalue weighted by Gasteiger charge is 2.68. The van der Waals surface area contributed by atoms with Crippen LogP contribution in [0.5, 0.6) is 0 Å². The standard InChI is InChI=1S/C15H21Cl2N3O4S/c1-10-12(11(2)24-18-10)25(22,23)20-6-4-5-19(7-8-20)13(21)14(3)9-15(14,16)17/h4-9H2,1-3H3. The van der Waals surface area contributed by atoms with Crippen LogP contribution in [0, 0.1) is 19.3 Å². The van der Waals surface area contributed by atoms with Gasteiger partial charge in [0.2, 0.25) is 15.9 Å². The lowest BCUT2D eigenvalue weighted by atomic mass is 10.1. The lowest BCUT2D eigenvalue weighted by molar-refractivity contribution is -0.136. The molecule has 1 saturated heterocycles. The van der Waals surface area contributed by atoms with Crippen molar-refractivity contribution in [2.45, 2.75) is 42.8 Å². The van der Waals surface area contributed by atoms with Crippen LogP contribution in [0.1, 0.15) is 31.2 Å². The van der Waals surface area contributed by atoms with Gasteiger partial charge in [-0.25, -0.2) is 8.42 Å². The number of aryl methyl sites for hydroxylation is 2. The Balaban J connectivity index is 1.75. The van der Waals surface area contributed by atoms with Crippen LogP contribution in [0.3, 0.4) is 0 Å². The van der Waals surface area contributed by atoms with E-state index >= 15 is 0 Å². The minimum atomic E-state index is -3.71. The van der Waals surface area contributed by atoms with E-state index in [0.29, 0.717) is 38.2 Å². The zero-order valence-electron chi connectivity index (χ0n) is 14.4. The lowest BCUT2D eigenvalue weighted by Crippen LogP contribution is -2.41. The highest BCUT2D eigenvalue weighted by molar-refractivity contribution is 7.89. The topological polar surface area (TPSA) is 83.7 Å². The van der Waals surface area contributed by atoms with E-state index in [1.54, 1.807) is 25.7 Å². The highest BCUT2D eigenvalue weighted by Crippen LogP contribution is 2.64. The van der Waals surface area contributed by atoms with E-state index < -0.39 is 19.8 Å². The Morgan fingerprint density at radius 1 is 1.20 bits per heavy atom. The molecular weight excluding hydrogens is 389 g/mol. The summed E-state index contributed by atoms with van der Waals surface area (Å²) < 4.78 is 31.2. The van der Waals surface area contributed by atoms with Crippen molar-refractivity contribution in [3.8, 4) is 0 Å². The Labute approximate surface area is 157 Å². The molecule has 0 radical (unpaired) electrons. The lowest BCUT2D eigenvalue weighted by Gasteiger charge is -2.25. The SMILES string of the molecule is Cc1noc(C)c1S(=O)(=O)N1CCCN(C(=O)C2(C)CC2(Cl)Cl)CC1. The van der Waals surface area contributed by atoms with E-state index in [0.717, 1.165) is 0 Å². The summed E-state index contributed by atoms with van der Waals surface area (Å²) in [4.78, 5) is 14.5. The van der Waals surface area contributed by atoms with Crippen LogP contribution >= 0.6 is 23.2 Å². The predicted molar refractivity (Wildman–Crippen MR) is 93.1 cm³/mol. The van der Waals surface area contributed by atoms with Gasteiger partial charge in [0, 0.05) is 26.2 Å². The van der Waals surface area contributed by atoms with Crippen molar-refractivity contribution in [2.24, 2.45) is 5.41 Å². The molecule has 2 heterocycles. The Morgan fingerprint density at radius 3 is 2.36 bits per heavy atom. The molecular formula is C15H21Cl2N3O4S. The zero-order chi connectivity index (χ0) is 18.6. The number of sulfonamides is 1. The van der Waals surface area contributed by atoms with E-state index in [9.17, 15) is 13.2 Å². The fourth-order valence-electron chi connectivity index (χ4n) is 3.29. The second kappa shape index (κ2) is 6.11. The fourth-order valence-corrected chi connectivity index (χ4v) is 5.75. The second-order valence-corrected chi connectivity index (χ2v) is 10.3. The molecule has 1 aromatic heterocycles. The highest BCUT2D eigenvalue weighted by atomic mass is 35.5. The molecule has 7 nitrogen and oxygen atoms in total. The average molecular weight is 410 g/mol. The minimum Gasteiger partial charge on any atom is -0.360 e. The van der Waals surface area contributed by atoms with Crippen molar-refractivity contribution in [2.75, 3.05) is 26.2 Å². The van der Waals surface area contributed by atoms with Gasteiger partial charge < -0.3 is 9.42 Å². The number of hydrogen-bond acceptors (Lipinski definition) is 5. The second-order valence-electron chi connectivity index (χ2n) is 6.92. The van der Waals surface area contributed by atoms with Gasteiger partial charge in [-0.15, -0.1) is 23.2 Å². The smallest absolute Gasteiger partial charge is 0.248 e. The molecule has 1 saturated carbocycles. The van der Waals surface area contributed by atoms with Gasteiger partial charge in [0.1, 0.15) is 14.9 Å². The summed E-state index contributed by atoms with van der Waals surface area (Å²) in [6.07, 6.45) is 0.960. The Bertz CT molecular complexity index is 788. The number of carbonyl (C=O) groups excluding carboxylic acids is 1. The van der Waals surface area contributed by atoms with E-state index in [2.05, 4.69) is 5.16 Å². The normalized spacial score (nSPS) is 27.2. The molecule has 140 valence electrons. The van der Waals surface area contributed by atoms with Gasteiger partial charge in [-0.3, -0.25) is 4.79 Å². The van der Waals surface area contributed by atoms with Crippen LogP contribution in [0.4, 0.5) is 0 Å². The van der Waals surface area contributed by atoms with Crippen molar-refractivity contribution >= 4 is 39.1 Å². The molecule has 1 aromatic rings. The van der Waals surface area contributed by atoms with E-state index in [1.807, 2.05) is 0 Å². The molecule has 2 aliphatic rings. The summed E-state index contributed by atoms with van der Waals surface area (Å²) in [5.74, 6) is 0.156. The zero-order valence-corrected chi connectivity index (χ0v) is 16.7.